The highest BCUT2D eigenvalue weighted by Crippen LogP contribution is 2.29. The first-order valence-electron chi connectivity index (χ1n) is 6.02. The minimum atomic E-state index is -3.74. The zero-order valence-electron chi connectivity index (χ0n) is 10.9. The van der Waals surface area contributed by atoms with Gasteiger partial charge < -0.3 is 5.73 Å². The lowest BCUT2D eigenvalue weighted by Gasteiger charge is -2.29. The Hall–Kier alpha value is -0.930. The van der Waals surface area contributed by atoms with Crippen LogP contribution in [0.15, 0.2) is 23.1 Å². The first kappa shape index (κ1) is 18.1. The molecule has 0 spiro atoms. The number of nitro benzene ring substituents is 1. The number of halogens is 2. The molecular weight excluding hydrogens is 341 g/mol. The van der Waals surface area contributed by atoms with Crippen molar-refractivity contribution in [3.05, 3.63) is 33.3 Å². The Bertz CT molecular complexity index is 630. The SMILES string of the molecule is Cl.NC1CCN(S(=O)(=O)c2ccc([N+](=O)[O-])cc2Cl)CC1. The van der Waals surface area contributed by atoms with E-state index in [1.165, 1.54) is 10.4 Å². The number of benzene rings is 1. The summed E-state index contributed by atoms with van der Waals surface area (Å²) in [4.78, 5) is 9.89. The highest BCUT2D eigenvalue weighted by Gasteiger charge is 2.30. The average molecular weight is 356 g/mol. The molecule has 0 atom stereocenters. The van der Waals surface area contributed by atoms with E-state index >= 15 is 0 Å². The summed E-state index contributed by atoms with van der Waals surface area (Å²) in [5, 5.41) is 10.5. The molecule has 1 saturated heterocycles. The van der Waals surface area contributed by atoms with Gasteiger partial charge in [0.1, 0.15) is 4.90 Å². The average Bonchev–Trinajstić information content (AvgIpc) is 2.38. The third kappa shape index (κ3) is 3.83. The summed E-state index contributed by atoms with van der Waals surface area (Å²) >= 11 is 5.87. The van der Waals surface area contributed by atoms with Crippen LogP contribution in [0.3, 0.4) is 0 Å². The molecule has 7 nitrogen and oxygen atoms in total. The third-order valence-corrected chi connectivity index (χ3v) is 5.62. The second-order valence-electron chi connectivity index (χ2n) is 4.61. The summed E-state index contributed by atoms with van der Waals surface area (Å²) in [5.41, 5.74) is 5.50. The molecule has 0 aromatic heterocycles. The number of sulfonamides is 1. The van der Waals surface area contributed by atoms with E-state index < -0.39 is 14.9 Å². The monoisotopic (exact) mass is 355 g/mol. The Morgan fingerprint density at radius 3 is 2.38 bits per heavy atom. The summed E-state index contributed by atoms with van der Waals surface area (Å²) in [6.07, 6.45) is 1.17. The van der Waals surface area contributed by atoms with Crippen LogP contribution >= 0.6 is 24.0 Å². The molecule has 1 aliphatic rings. The molecule has 2 N–H and O–H groups in total. The minimum Gasteiger partial charge on any atom is -0.328 e. The second kappa shape index (κ2) is 6.89. The van der Waals surface area contributed by atoms with Crippen LogP contribution in [0, 0.1) is 10.1 Å². The van der Waals surface area contributed by atoms with Gasteiger partial charge in [-0.1, -0.05) is 11.6 Å². The van der Waals surface area contributed by atoms with Gasteiger partial charge in [0.25, 0.3) is 5.69 Å². The standard InChI is InChI=1S/C11H14ClN3O4S.ClH/c12-10-7-9(15(16)17)1-2-11(10)20(18,19)14-5-3-8(13)4-6-14;/h1-2,7-8H,3-6,13H2;1H. The molecule has 0 saturated carbocycles. The van der Waals surface area contributed by atoms with E-state index in [4.69, 9.17) is 17.3 Å². The Morgan fingerprint density at radius 2 is 1.90 bits per heavy atom. The lowest BCUT2D eigenvalue weighted by Crippen LogP contribution is -2.42. The number of non-ortho nitro benzene ring substituents is 1. The van der Waals surface area contributed by atoms with E-state index in [-0.39, 0.29) is 34.1 Å². The smallest absolute Gasteiger partial charge is 0.271 e. The van der Waals surface area contributed by atoms with Gasteiger partial charge in [0, 0.05) is 31.3 Å². The molecule has 1 aliphatic heterocycles. The predicted octanol–water partition coefficient (Wildman–Crippen LogP) is 1.78. The Morgan fingerprint density at radius 1 is 1.33 bits per heavy atom. The van der Waals surface area contributed by atoms with Gasteiger partial charge in [0.15, 0.2) is 0 Å². The maximum atomic E-state index is 12.4. The summed E-state index contributed by atoms with van der Waals surface area (Å²) in [6, 6.07) is 3.36. The molecular formula is C11H15Cl2N3O4S. The number of nitro groups is 1. The van der Waals surface area contributed by atoms with Crippen LogP contribution < -0.4 is 5.73 Å². The number of rotatable bonds is 3. The van der Waals surface area contributed by atoms with Gasteiger partial charge >= 0.3 is 0 Å². The Balaban J connectivity index is 0.00000220. The fourth-order valence-electron chi connectivity index (χ4n) is 2.07. The molecule has 1 aromatic carbocycles. The van der Waals surface area contributed by atoms with Gasteiger partial charge in [-0.25, -0.2) is 8.42 Å². The normalized spacial score (nSPS) is 17.2. The Labute approximate surface area is 133 Å². The van der Waals surface area contributed by atoms with Crippen LogP contribution in [-0.2, 0) is 10.0 Å². The fraction of sp³-hybridized carbons (Fsp3) is 0.455. The van der Waals surface area contributed by atoms with Crippen molar-refractivity contribution in [1.82, 2.24) is 4.31 Å². The van der Waals surface area contributed by atoms with Gasteiger partial charge in [0.2, 0.25) is 10.0 Å². The molecule has 0 aliphatic carbocycles. The molecule has 1 heterocycles. The Kier molecular flexibility index (Phi) is 5.94. The van der Waals surface area contributed by atoms with Gasteiger partial charge in [-0.15, -0.1) is 12.4 Å². The molecule has 0 amide bonds. The third-order valence-electron chi connectivity index (χ3n) is 3.24. The highest BCUT2D eigenvalue weighted by molar-refractivity contribution is 7.89. The lowest BCUT2D eigenvalue weighted by molar-refractivity contribution is -0.384. The molecule has 118 valence electrons. The number of hydrogen-bond donors (Lipinski definition) is 1. The quantitative estimate of drug-likeness (QED) is 0.656. The molecule has 1 fully saturated rings. The van der Waals surface area contributed by atoms with Crippen LogP contribution in [0.1, 0.15) is 12.8 Å². The van der Waals surface area contributed by atoms with Gasteiger partial charge in [-0.3, -0.25) is 10.1 Å². The largest absolute Gasteiger partial charge is 0.328 e. The maximum Gasteiger partial charge on any atom is 0.271 e. The second-order valence-corrected chi connectivity index (χ2v) is 6.93. The van der Waals surface area contributed by atoms with Crippen molar-refractivity contribution in [2.45, 2.75) is 23.8 Å². The fourth-order valence-corrected chi connectivity index (χ4v) is 4.05. The van der Waals surface area contributed by atoms with Crippen LogP contribution in [0.5, 0.6) is 0 Å². The summed E-state index contributed by atoms with van der Waals surface area (Å²) in [5.74, 6) is 0. The van der Waals surface area contributed by atoms with Crippen LogP contribution in [0.25, 0.3) is 0 Å². The van der Waals surface area contributed by atoms with Crippen molar-refractivity contribution in [2.24, 2.45) is 5.73 Å². The van der Waals surface area contributed by atoms with Crippen molar-refractivity contribution in [3.63, 3.8) is 0 Å². The minimum absolute atomic E-state index is 0. The molecule has 2 rings (SSSR count). The van der Waals surface area contributed by atoms with E-state index in [9.17, 15) is 18.5 Å². The zero-order valence-corrected chi connectivity index (χ0v) is 13.3. The summed E-state index contributed by atoms with van der Waals surface area (Å²) in [7, 11) is -3.74. The van der Waals surface area contributed by atoms with E-state index in [1.807, 2.05) is 0 Å². The first-order valence-corrected chi connectivity index (χ1v) is 7.84. The van der Waals surface area contributed by atoms with Gasteiger partial charge in [-0.2, -0.15) is 4.31 Å². The van der Waals surface area contributed by atoms with Crippen LogP contribution in [0.4, 0.5) is 5.69 Å². The molecule has 0 radical (unpaired) electrons. The topological polar surface area (TPSA) is 107 Å². The molecule has 0 unspecified atom stereocenters. The first-order chi connectivity index (χ1) is 9.32. The predicted molar refractivity (Wildman–Crippen MR) is 81.3 cm³/mol. The highest BCUT2D eigenvalue weighted by atomic mass is 35.5. The maximum absolute atomic E-state index is 12.4. The summed E-state index contributed by atoms with van der Waals surface area (Å²) < 4.78 is 26.2. The van der Waals surface area contributed by atoms with Crippen LogP contribution in [-0.4, -0.2) is 36.8 Å². The van der Waals surface area contributed by atoms with E-state index in [2.05, 4.69) is 0 Å². The van der Waals surface area contributed by atoms with Crippen molar-refractivity contribution >= 4 is 39.7 Å². The number of piperidine rings is 1. The number of nitrogens with zero attached hydrogens (tertiary/aromatic N) is 2. The van der Waals surface area contributed by atoms with Crippen molar-refractivity contribution < 1.29 is 13.3 Å². The lowest BCUT2D eigenvalue weighted by atomic mass is 10.1. The van der Waals surface area contributed by atoms with E-state index in [1.54, 1.807) is 0 Å². The summed E-state index contributed by atoms with van der Waals surface area (Å²) in [6.45, 7) is 0.660. The molecule has 21 heavy (non-hydrogen) atoms. The number of nitrogens with two attached hydrogens (primary N) is 1. The van der Waals surface area contributed by atoms with Crippen molar-refractivity contribution in [3.8, 4) is 0 Å². The number of hydrogen-bond acceptors (Lipinski definition) is 5. The van der Waals surface area contributed by atoms with Gasteiger partial charge in [0.05, 0.1) is 9.95 Å². The van der Waals surface area contributed by atoms with Crippen LogP contribution in [0.2, 0.25) is 5.02 Å². The molecule has 0 bridgehead atoms. The van der Waals surface area contributed by atoms with Crippen molar-refractivity contribution in [2.75, 3.05) is 13.1 Å². The van der Waals surface area contributed by atoms with Gasteiger partial charge in [-0.05, 0) is 18.9 Å². The van der Waals surface area contributed by atoms with E-state index in [0.717, 1.165) is 12.1 Å². The van der Waals surface area contributed by atoms with Crippen molar-refractivity contribution in [1.29, 1.82) is 0 Å². The molecule has 10 heteroatoms. The molecule has 1 aromatic rings. The van der Waals surface area contributed by atoms with E-state index in [0.29, 0.717) is 25.9 Å². The zero-order chi connectivity index (χ0) is 14.9.